The third-order valence-electron chi connectivity index (χ3n) is 6.67. The molecule has 0 radical (unpaired) electrons. The van der Waals surface area contributed by atoms with Crippen LogP contribution in [0, 0.1) is 0 Å². The Balaban J connectivity index is 1.06. The topological polar surface area (TPSA) is 43.5 Å². The van der Waals surface area contributed by atoms with Crippen molar-refractivity contribution in [3.05, 3.63) is 65.7 Å². The Morgan fingerprint density at radius 2 is 1.31 bits per heavy atom. The van der Waals surface area contributed by atoms with Crippen molar-refractivity contribution < 1.29 is 18.9 Å². The van der Waals surface area contributed by atoms with Crippen LogP contribution < -0.4 is 9.47 Å². The Hall–Kier alpha value is -2.30. The number of allylic oxidation sites excluding steroid dienone is 2. The highest BCUT2D eigenvalue weighted by Crippen LogP contribution is 2.36. The van der Waals surface area contributed by atoms with Crippen LogP contribution in [0.15, 0.2) is 54.6 Å². The molecule has 0 amide bonds. The summed E-state index contributed by atoms with van der Waals surface area (Å²) < 4.78 is 22.2. The number of rotatable bonds is 12. The zero-order valence-corrected chi connectivity index (χ0v) is 18.8. The first-order valence-electron chi connectivity index (χ1n) is 12.2. The quantitative estimate of drug-likeness (QED) is 0.297. The van der Waals surface area contributed by atoms with E-state index in [9.17, 15) is 0 Å². The van der Waals surface area contributed by atoms with Gasteiger partial charge in [-0.3, -0.25) is 0 Å². The minimum Gasteiger partial charge on any atom is -0.494 e. The Labute approximate surface area is 191 Å². The Kier molecular flexibility index (Phi) is 7.10. The standard InChI is InChI=1S/C28H34O4/c1(3-27-19-31-27)17-29-25-13-9-23(10-14-25)21-5-7-22(8-6-21)24-11-15-26(16-12-24)30-18-2-4-28-20-32-28/h5,9-16,22,27-28H,1-4,6-8,17-20H2. The summed E-state index contributed by atoms with van der Waals surface area (Å²) in [5.41, 5.74) is 4.19. The molecule has 2 aromatic carbocycles. The highest BCUT2D eigenvalue weighted by molar-refractivity contribution is 5.67. The van der Waals surface area contributed by atoms with Gasteiger partial charge in [0.25, 0.3) is 0 Å². The van der Waals surface area contributed by atoms with Crippen LogP contribution in [0.5, 0.6) is 11.5 Å². The first-order chi connectivity index (χ1) is 15.8. The number of hydrogen-bond acceptors (Lipinski definition) is 4. The van der Waals surface area contributed by atoms with Crippen LogP contribution in [-0.4, -0.2) is 38.6 Å². The van der Waals surface area contributed by atoms with Crippen LogP contribution in [-0.2, 0) is 9.47 Å². The number of hydrogen-bond donors (Lipinski definition) is 0. The monoisotopic (exact) mass is 434 g/mol. The predicted molar refractivity (Wildman–Crippen MR) is 126 cm³/mol. The molecule has 1 aliphatic carbocycles. The molecule has 0 spiro atoms. The lowest BCUT2D eigenvalue weighted by atomic mass is 9.83. The van der Waals surface area contributed by atoms with Gasteiger partial charge in [-0.25, -0.2) is 0 Å². The number of epoxide rings is 2. The minimum absolute atomic E-state index is 0.492. The molecule has 2 saturated heterocycles. The van der Waals surface area contributed by atoms with Crippen molar-refractivity contribution >= 4 is 5.57 Å². The third kappa shape index (κ3) is 6.36. The van der Waals surface area contributed by atoms with Gasteiger partial charge in [0.2, 0.25) is 0 Å². The van der Waals surface area contributed by atoms with E-state index in [-0.39, 0.29) is 0 Å². The van der Waals surface area contributed by atoms with E-state index in [1.54, 1.807) is 0 Å². The molecule has 0 bridgehead atoms. The normalized spacial score (nSPS) is 24.0. The first-order valence-corrected chi connectivity index (χ1v) is 12.2. The summed E-state index contributed by atoms with van der Waals surface area (Å²) in [6.45, 7) is 3.40. The predicted octanol–water partition coefficient (Wildman–Crippen LogP) is 6.15. The van der Waals surface area contributed by atoms with E-state index in [0.717, 1.165) is 76.5 Å². The van der Waals surface area contributed by atoms with Crippen LogP contribution in [0.3, 0.4) is 0 Å². The average molecular weight is 435 g/mol. The van der Waals surface area contributed by atoms with Gasteiger partial charge in [0.05, 0.1) is 38.6 Å². The maximum Gasteiger partial charge on any atom is 0.119 e. The van der Waals surface area contributed by atoms with Crippen LogP contribution >= 0.6 is 0 Å². The molecule has 2 aliphatic heterocycles. The van der Waals surface area contributed by atoms with Crippen molar-refractivity contribution in [3.8, 4) is 11.5 Å². The number of benzene rings is 2. The fourth-order valence-corrected chi connectivity index (χ4v) is 4.47. The smallest absolute Gasteiger partial charge is 0.119 e. The molecule has 2 fully saturated rings. The summed E-state index contributed by atoms with van der Waals surface area (Å²) in [7, 11) is 0. The van der Waals surface area contributed by atoms with Crippen molar-refractivity contribution in [1.82, 2.24) is 0 Å². The van der Waals surface area contributed by atoms with E-state index >= 15 is 0 Å². The molecule has 5 rings (SSSR count). The van der Waals surface area contributed by atoms with Crippen molar-refractivity contribution in [1.29, 1.82) is 0 Å². The van der Waals surface area contributed by atoms with Crippen molar-refractivity contribution in [2.45, 2.75) is 63.1 Å². The summed E-state index contributed by atoms with van der Waals surface area (Å²) in [6, 6.07) is 17.3. The average Bonchev–Trinajstić information content (AvgIpc) is 3.76. The molecular weight excluding hydrogens is 400 g/mol. The molecule has 0 aromatic heterocycles. The molecule has 4 heteroatoms. The maximum absolute atomic E-state index is 5.87. The third-order valence-corrected chi connectivity index (χ3v) is 6.67. The fourth-order valence-electron chi connectivity index (χ4n) is 4.47. The second-order valence-electron chi connectivity index (χ2n) is 9.19. The summed E-state index contributed by atoms with van der Waals surface area (Å²) in [6.07, 6.45) is 11.2. The highest BCUT2D eigenvalue weighted by atomic mass is 16.6. The van der Waals surface area contributed by atoms with Gasteiger partial charge in [0.1, 0.15) is 11.5 Å². The lowest BCUT2D eigenvalue weighted by molar-refractivity contribution is 0.293. The van der Waals surface area contributed by atoms with Gasteiger partial charge in [-0.2, -0.15) is 0 Å². The van der Waals surface area contributed by atoms with E-state index in [1.807, 2.05) is 0 Å². The summed E-state index contributed by atoms with van der Waals surface area (Å²) in [5.74, 6) is 2.53. The van der Waals surface area contributed by atoms with Crippen LogP contribution in [0.4, 0.5) is 0 Å². The number of ether oxygens (including phenoxy) is 4. The highest BCUT2D eigenvalue weighted by Gasteiger charge is 2.22. The van der Waals surface area contributed by atoms with E-state index < -0.39 is 0 Å². The minimum atomic E-state index is 0.492. The van der Waals surface area contributed by atoms with E-state index in [1.165, 1.54) is 23.1 Å². The Morgan fingerprint density at radius 1 is 0.750 bits per heavy atom. The Morgan fingerprint density at radius 3 is 1.81 bits per heavy atom. The molecule has 32 heavy (non-hydrogen) atoms. The molecule has 3 unspecified atom stereocenters. The molecule has 2 aromatic rings. The van der Waals surface area contributed by atoms with Crippen LogP contribution in [0.2, 0.25) is 0 Å². The maximum atomic E-state index is 5.87. The van der Waals surface area contributed by atoms with Crippen LogP contribution in [0.25, 0.3) is 5.57 Å². The van der Waals surface area contributed by atoms with Crippen molar-refractivity contribution in [2.75, 3.05) is 26.4 Å². The molecule has 2 heterocycles. The van der Waals surface area contributed by atoms with Gasteiger partial charge in [-0.05, 0) is 91.8 Å². The molecule has 3 aliphatic rings. The van der Waals surface area contributed by atoms with Crippen molar-refractivity contribution in [2.24, 2.45) is 0 Å². The second-order valence-corrected chi connectivity index (χ2v) is 9.19. The van der Waals surface area contributed by atoms with E-state index in [0.29, 0.717) is 18.1 Å². The molecule has 0 N–H and O–H groups in total. The zero-order valence-electron chi connectivity index (χ0n) is 18.8. The SMILES string of the molecule is C1=C(c2ccc(OCCCC3CO3)cc2)CCC(c2ccc(OCCCC3CO3)cc2)C1. The van der Waals surface area contributed by atoms with Gasteiger partial charge < -0.3 is 18.9 Å². The van der Waals surface area contributed by atoms with Gasteiger partial charge in [-0.1, -0.05) is 30.3 Å². The Bertz CT molecular complexity index is 879. The lowest BCUT2D eigenvalue weighted by Crippen LogP contribution is -2.05. The van der Waals surface area contributed by atoms with Crippen LogP contribution in [0.1, 0.15) is 62.0 Å². The first kappa shape index (κ1) is 21.5. The van der Waals surface area contributed by atoms with Gasteiger partial charge in [0.15, 0.2) is 0 Å². The van der Waals surface area contributed by atoms with Gasteiger partial charge in [-0.15, -0.1) is 0 Å². The zero-order chi connectivity index (χ0) is 21.6. The lowest BCUT2D eigenvalue weighted by Gasteiger charge is -2.23. The fraction of sp³-hybridized carbons (Fsp3) is 0.500. The molecule has 3 atom stereocenters. The molecule has 4 nitrogen and oxygen atoms in total. The van der Waals surface area contributed by atoms with Crippen molar-refractivity contribution in [3.63, 3.8) is 0 Å². The summed E-state index contributed by atoms with van der Waals surface area (Å²) >= 11 is 0. The van der Waals surface area contributed by atoms with Gasteiger partial charge >= 0.3 is 0 Å². The van der Waals surface area contributed by atoms with E-state index in [4.69, 9.17) is 18.9 Å². The van der Waals surface area contributed by atoms with E-state index in [2.05, 4.69) is 54.6 Å². The summed E-state index contributed by atoms with van der Waals surface area (Å²) in [4.78, 5) is 0. The molecule has 170 valence electrons. The molecule has 0 saturated carbocycles. The largest absolute Gasteiger partial charge is 0.494 e. The summed E-state index contributed by atoms with van der Waals surface area (Å²) in [5, 5.41) is 0. The second kappa shape index (κ2) is 10.5. The van der Waals surface area contributed by atoms with Gasteiger partial charge in [0, 0.05) is 0 Å². The molecular formula is C28H34O4.